The number of carbonyl (C=O) groups is 1. The summed E-state index contributed by atoms with van der Waals surface area (Å²) in [4.78, 5) is 14.2. The fourth-order valence-electron chi connectivity index (χ4n) is 2.30. The second-order valence-electron chi connectivity index (χ2n) is 6.26. The topological polar surface area (TPSA) is 46.3 Å². The summed E-state index contributed by atoms with van der Waals surface area (Å²) in [5.41, 5.74) is 5.98. The normalized spacial score (nSPS) is 27.9. The lowest BCUT2D eigenvalue weighted by atomic mass is 9.86. The monoisotopic (exact) mass is 226 g/mol. The van der Waals surface area contributed by atoms with E-state index in [2.05, 4.69) is 27.7 Å². The first-order valence-electron chi connectivity index (χ1n) is 6.25. The van der Waals surface area contributed by atoms with Gasteiger partial charge in [-0.3, -0.25) is 4.79 Å². The summed E-state index contributed by atoms with van der Waals surface area (Å²) < 4.78 is 0. The van der Waals surface area contributed by atoms with Crippen LogP contribution in [0.5, 0.6) is 0 Å². The summed E-state index contributed by atoms with van der Waals surface area (Å²) in [7, 11) is 1.92. The van der Waals surface area contributed by atoms with Crippen molar-refractivity contribution in [2.75, 3.05) is 7.05 Å². The minimum absolute atomic E-state index is 0.130. The van der Waals surface area contributed by atoms with Crippen LogP contribution in [0.2, 0.25) is 0 Å². The van der Waals surface area contributed by atoms with Gasteiger partial charge in [-0.1, -0.05) is 20.8 Å². The lowest BCUT2D eigenvalue weighted by molar-refractivity contribution is -0.137. The lowest BCUT2D eigenvalue weighted by Gasteiger charge is -2.36. The zero-order chi connectivity index (χ0) is 12.5. The van der Waals surface area contributed by atoms with Crippen LogP contribution in [0.3, 0.4) is 0 Å². The number of rotatable bonds is 2. The molecule has 3 atom stereocenters. The molecule has 0 saturated heterocycles. The van der Waals surface area contributed by atoms with Crippen molar-refractivity contribution >= 4 is 5.91 Å². The summed E-state index contributed by atoms with van der Waals surface area (Å²) in [5.74, 6) is 0.431. The molecule has 0 aromatic rings. The first kappa shape index (κ1) is 13.5. The van der Waals surface area contributed by atoms with E-state index >= 15 is 0 Å². The summed E-state index contributed by atoms with van der Waals surface area (Å²) in [6.07, 6.45) is 2.81. The van der Waals surface area contributed by atoms with Gasteiger partial charge in [0.1, 0.15) is 0 Å². The maximum absolute atomic E-state index is 12.2. The second kappa shape index (κ2) is 4.74. The molecule has 3 nitrogen and oxygen atoms in total. The van der Waals surface area contributed by atoms with E-state index in [1.807, 2.05) is 11.9 Å². The van der Waals surface area contributed by atoms with Crippen LogP contribution in [0.1, 0.15) is 47.0 Å². The fraction of sp³-hybridized carbons (Fsp3) is 0.923. The van der Waals surface area contributed by atoms with Crippen LogP contribution in [0, 0.1) is 11.3 Å². The van der Waals surface area contributed by atoms with Gasteiger partial charge < -0.3 is 10.6 Å². The van der Waals surface area contributed by atoms with E-state index in [-0.39, 0.29) is 29.3 Å². The van der Waals surface area contributed by atoms with Gasteiger partial charge in [0.2, 0.25) is 5.91 Å². The SMILES string of the molecule is CC(N(C)C(=O)C1CCC(N)C1)C(C)(C)C. The minimum atomic E-state index is 0.130. The van der Waals surface area contributed by atoms with Crippen LogP contribution in [0.15, 0.2) is 0 Å². The van der Waals surface area contributed by atoms with Crippen LogP contribution < -0.4 is 5.73 Å². The summed E-state index contributed by atoms with van der Waals surface area (Å²) >= 11 is 0. The Bertz CT molecular complexity index is 257. The summed E-state index contributed by atoms with van der Waals surface area (Å²) in [6.45, 7) is 8.62. The second-order valence-corrected chi connectivity index (χ2v) is 6.26. The standard InChI is InChI=1S/C13H26N2O/c1-9(13(2,3)4)15(5)12(16)10-6-7-11(14)8-10/h9-11H,6-8,14H2,1-5H3. The van der Waals surface area contributed by atoms with E-state index in [1.165, 1.54) is 0 Å². The van der Waals surface area contributed by atoms with Crippen LogP contribution in [-0.2, 0) is 4.79 Å². The molecule has 0 aliphatic heterocycles. The molecule has 1 saturated carbocycles. The highest BCUT2D eigenvalue weighted by Gasteiger charge is 2.34. The average molecular weight is 226 g/mol. The van der Waals surface area contributed by atoms with Gasteiger partial charge in [-0.05, 0) is 31.6 Å². The van der Waals surface area contributed by atoms with Gasteiger partial charge >= 0.3 is 0 Å². The summed E-state index contributed by atoms with van der Waals surface area (Å²) in [5, 5.41) is 0. The highest BCUT2D eigenvalue weighted by molar-refractivity contribution is 5.79. The van der Waals surface area contributed by atoms with E-state index < -0.39 is 0 Å². The minimum Gasteiger partial charge on any atom is -0.342 e. The van der Waals surface area contributed by atoms with Crippen LogP contribution in [0.25, 0.3) is 0 Å². The van der Waals surface area contributed by atoms with Crippen molar-refractivity contribution in [3.63, 3.8) is 0 Å². The smallest absolute Gasteiger partial charge is 0.225 e. The number of nitrogens with zero attached hydrogens (tertiary/aromatic N) is 1. The number of hydrogen-bond donors (Lipinski definition) is 1. The average Bonchev–Trinajstić information content (AvgIpc) is 2.60. The molecule has 1 amide bonds. The van der Waals surface area contributed by atoms with Crippen LogP contribution in [0.4, 0.5) is 0 Å². The molecule has 0 bridgehead atoms. The lowest BCUT2D eigenvalue weighted by Crippen LogP contribution is -2.45. The van der Waals surface area contributed by atoms with Gasteiger partial charge in [0.05, 0.1) is 0 Å². The molecule has 16 heavy (non-hydrogen) atoms. The molecule has 94 valence electrons. The molecule has 0 heterocycles. The van der Waals surface area contributed by atoms with Gasteiger partial charge in [-0.25, -0.2) is 0 Å². The predicted molar refractivity (Wildman–Crippen MR) is 67.0 cm³/mol. The van der Waals surface area contributed by atoms with Crippen molar-refractivity contribution in [2.45, 2.75) is 59.0 Å². The predicted octanol–water partition coefficient (Wildman–Crippen LogP) is 2.01. The first-order chi connectivity index (χ1) is 7.23. The quantitative estimate of drug-likeness (QED) is 0.783. The van der Waals surface area contributed by atoms with Crippen molar-refractivity contribution in [1.82, 2.24) is 4.90 Å². The van der Waals surface area contributed by atoms with Gasteiger partial charge in [0, 0.05) is 25.0 Å². The summed E-state index contributed by atoms with van der Waals surface area (Å²) in [6, 6.07) is 0.490. The van der Waals surface area contributed by atoms with E-state index in [0.29, 0.717) is 0 Å². The molecule has 3 heteroatoms. The highest BCUT2D eigenvalue weighted by atomic mass is 16.2. The molecule has 1 rings (SSSR count). The first-order valence-corrected chi connectivity index (χ1v) is 6.25. The maximum Gasteiger partial charge on any atom is 0.225 e. The molecule has 1 aliphatic carbocycles. The van der Waals surface area contributed by atoms with Gasteiger partial charge in [0.15, 0.2) is 0 Å². The van der Waals surface area contributed by atoms with Crippen molar-refractivity contribution in [3.05, 3.63) is 0 Å². The Morgan fingerprint density at radius 3 is 2.31 bits per heavy atom. The Hall–Kier alpha value is -0.570. The van der Waals surface area contributed by atoms with Crippen molar-refractivity contribution in [2.24, 2.45) is 17.1 Å². The molecule has 1 fully saturated rings. The number of nitrogens with two attached hydrogens (primary N) is 1. The van der Waals surface area contributed by atoms with Crippen molar-refractivity contribution < 1.29 is 4.79 Å². The highest BCUT2D eigenvalue weighted by Crippen LogP contribution is 2.29. The van der Waals surface area contributed by atoms with E-state index in [4.69, 9.17) is 5.73 Å². The molecule has 0 aromatic carbocycles. The maximum atomic E-state index is 12.2. The molecule has 3 unspecified atom stereocenters. The van der Waals surface area contributed by atoms with Gasteiger partial charge in [-0.15, -0.1) is 0 Å². The molecule has 0 radical (unpaired) electrons. The Balaban J connectivity index is 2.60. The Morgan fingerprint density at radius 2 is 1.94 bits per heavy atom. The van der Waals surface area contributed by atoms with Gasteiger partial charge in [0.25, 0.3) is 0 Å². The Morgan fingerprint density at radius 1 is 1.38 bits per heavy atom. The third-order valence-electron chi connectivity index (χ3n) is 4.00. The third kappa shape index (κ3) is 2.97. The van der Waals surface area contributed by atoms with E-state index in [0.717, 1.165) is 19.3 Å². The number of carbonyl (C=O) groups excluding carboxylic acids is 1. The molecule has 2 N–H and O–H groups in total. The van der Waals surface area contributed by atoms with E-state index in [9.17, 15) is 4.79 Å². The Labute approximate surface area is 99.4 Å². The van der Waals surface area contributed by atoms with Crippen molar-refractivity contribution in [3.8, 4) is 0 Å². The Kier molecular flexibility index (Phi) is 4.00. The molecule has 1 aliphatic rings. The molecule has 0 aromatic heterocycles. The number of hydrogen-bond acceptors (Lipinski definition) is 2. The van der Waals surface area contributed by atoms with Gasteiger partial charge in [-0.2, -0.15) is 0 Å². The fourth-order valence-corrected chi connectivity index (χ4v) is 2.30. The van der Waals surface area contributed by atoms with Crippen LogP contribution >= 0.6 is 0 Å². The number of amides is 1. The van der Waals surface area contributed by atoms with Crippen LogP contribution in [-0.4, -0.2) is 29.9 Å². The third-order valence-corrected chi connectivity index (χ3v) is 4.00. The van der Waals surface area contributed by atoms with Crippen molar-refractivity contribution in [1.29, 1.82) is 0 Å². The molecule has 0 spiro atoms. The van der Waals surface area contributed by atoms with E-state index in [1.54, 1.807) is 0 Å². The zero-order valence-electron chi connectivity index (χ0n) is 11.3. The zero-order valence-corrected chi connectivity index (χ0v) is 11.3. The largest absolute Gasteiger partial charge is 0.342 e. The molecular weight excluding hydrogens is 200 g/mol. The molecular formula is C13H26N2O.